The molecule has 1 fully saturated rings. The Labute approximate surface area is 114 Å². The maximum atomic E-state index is 6.27. The van der Waals surface area contributed by atoms with E-state index in [0.29, 0.717) is 12.0 Å². The summed E-state index contributed by atoms with van der Waals surface area (Å²) in [5, 5.41) is 0.737. The van der Waals surface area contributed by atoms with Gasteiger partial charge in [0.15, 0.2) is 0 Å². The van der Waals surface area contributed by atoms with Crippen LogP contribution >= 0.6 is 11.6 Å². The van der Waals surface area contributed by atoms with Gasteiger partial charge in [0.05, 0.1) is 5.02 Å². The number of nitrogens with zero attached hydrogens (tertiary/aromatic N) is 2. The van der Waals surface area contributed by atoms with Gasteiger partial charge in [0.1, 0.15) is 5.82 Å². The molecular formula is C14H22ClN3. The molecule has 2 N–H and O–H groups in total. The van der Waals surface area contributed by atoms with E-state index in [-0.39, 0.29) is 0 Å². The number of pyridine rings is 1. The predicted octanol–water partition coefficient (Wildman–Crippen LogP) is 3.08. The van der Waals surface area contributed by atoms with Crippen LogP contribution in [-0.2, 0) is 0 Å². The standard InChI is InChI=1S/C14H22ClN3/c1-2-18(14-12(15)7-5-9-17-14)13-8-4-3-6-11(13)10-16/h5,7,9,11,13H,2-4,6,8,10,16H2,1H3. The van der Waals surface area contributed by atoms with Crippen LogP contribution in [0.4, 0.5) is 5.82 Å². The van der Waals surface area contributed by atoms with Crippen LogP contribution in [0.5, 0.6) is 0 Å². The first kappa shape index (κ1) is 13.6. The molecule has 0 saturated heterocycles. The fraction of sp³-hybridized carbons (Fsp3) is 0.643. The Morgan fingerprint density at radius 1 is 1.44 bits per heavy atom. The van der Waals surface area contributed by atoms with E-state index in [2.05, 4.69) is 16.8 Å². The number of nitrogens with two attached hydrogens (primary N) is 1. The number of hydrogen-bond acceptors (Lipinski definition) is 3. The van der Waals surface area contributed by atoms with Gasteiger partial charge in [-0.3, -0.25) is 0 Å². The third-order valence-corrected chi connectivity index (χ3v) is 4.22. The summed E-state index contributed by atoms with van der Waals surface area (Å²) in [7, 11) is 0. The van der Waals surface area contributed by atoms with Crippen LogP contribution in [0.1, 0.15) is 32.6 Å². The molecule has 0 aliphatic heterocycles. The number of hydrogen-bond donors (Lipinski definition) is 1. The van der Waals surface area contributed by atoms with Gasteiger partial charge in [-0.2, -0.15) is 0 Å². The largest absolute Gasteiger partial charge is 0.352 e. The van der Waals surface area contributed by atoms with E-state index in [0.717, 1.165) is 23.9 Å². The van der Waals surface area contributed by atoms with Crippen molar-refractivity contribution in [3.05, 3.63) is 23.4 Å². The summed E-state index contributed by atoms with van der Waals surface area (Å²) in [6.07, 6.45) is 6.81. The maximum absolute atomic E-state index is 6.27. The lowest BCUT2D eigenvalue weighted by molar-refractivity contribution is 0.299. The van der Waals surface area contributed by atoms with Crippen LogP contribution in [-0.4, -0.2) is 24.1 Å². The second-order valence-corrected chi connectivity index (χ2v) is 5.35. The minimum atomic E-state index is 0.487. The second kappa shape index (κ2) is 6.39. The topological polar surface area (TPSA) is 42.2 Å². The fourth-order valence-corrected chi connectivity index (χ4v) is 3.23. The molecule has 100 valence electrons. The van der Waals surface area contributed by atoms with Gasteiger partial charge in [0.25, 0.3) is 0 Å². The van der Waals surface area contributed by atoms with Gasteiger partial charge in [0.2, 0.25) is 0 Å². The van der Waals surface area contributed by atoms with Crippen molar-refractivity contribution < 1.29 is 0 Å². The van der Waals surface area contributed by atoms with E-state index in [1.54, 1.807) is 0 Å². The summed E-state index contributed by atoms with van der Waals surface area (Å²) in [6.45, 7) is 3.84. The van der Waals surface area contributed by atoms with Crippen molar-refractivity contribution in [2.75, 3.05) is 18.0 Å². The molecule has 3 nitrogen and oxygen atoms in total. The van der Waals surface area contributed by atoms with E-state index in [4.69, 9.17) is 17.3 Å². The summed E-state index contributed by atoms with van der Waals surface area (Å²) >= 11 is 6.27. The van der Waals surface area contributed by atoms with Crippen LogP contribution in [0.3, 0.4) is 0 Å². The van der Waals surface area contributed by atoms with Crippen molar-refractivity contribution in [1.82, 2.24) is 4.98 Å². The van der Waals surface area contributed by atoms with E-state index >= 15 is 0 Å². The Kier molecular flexibility index (Phi) is 4.84. The van der Waals surface area contributed by atoms with E-state index in [1.165, 1.54) is 25.7 Å². The highest BCUT2D eigenvalue weighted by Gasteiger charge is 2.30. The molecule has 0 bridgehead atoms. The molecule has 0 aromatic carbocycles. The van der Waals surface area contributed by atoms with Crippen molar-refractivity contribution in [2.45, 2.75) is 38.6 Å². The first-order valence-corrected chi connectivity index (χ1v) is 7.23. The lowest BCUT2D eigenvalue weighted by Crippen LogP contribution is -2.45. The van der Waals surface area contributed by atoms with Crippen LogP contribution < -0.4 is 10.6 Å². The van der Waals surface area contributed by atoms with Crippen LogP contribution in [0.25, 0.3) is 0 Å². The molecule has 1 heterocycles. The van der Waals surface area contributed by atoms with Crippen LogP contribution in [0.2, 0.25) is 5.02 Å². The third kappa shape index (κ3) is 2.78. The summed E-state index contributed by atoms with van der Waals surface area (Å²) in [5.41, 5.74) is 5.92. The normalized spacial score (nSPS) is 23.9. The molecule has 2 atom stereocenters. The van der Waals surface area contributed by atoms with Gasteiger partial charge < -0.3 is 10.6 Å². The fourth-order valence-electron chi connectivity index (χ4n) is 3.00. The lowest BCUT2D eigenvalue weighted by atomic mass is 9.83. The molecular weight excluding hydrogens is 246 g/mol. The Morgan fingerprint density at radius 3 is 2.89 bits per heavy atom. The maximum Gasteiger partial charge on any atom is 0.147 e. The number of anilines is 1. The van der Waals surface area contributed by atoms with Crippen LogP contribution in [0.15, 0.2) is 18.3 Å². The first-order valence-electron chi connectivity index (χ1n) is 6.85. The smallest absolute Gasteiger partial charge is 0.147 e. The van der Waals surface area contributed by atoms with Gasteiger partial charge in [-0.1, -0.05) is 24.4 Å². The molecule has 1 saturated carbocycles. The molecule has 4 heteroatoms. The Bertz CT molecular complexity index is 383. The summed E-state index contributed by atoms with van der Waals surface area (Å²) in [6, 6.07) is 4.27. The average molecular weight is 268 g/mol. The zero-order valence-electron chi connectivity index (χ0n) is 11.0. The summed E-state index contributed by atoms with van der Waals surface area (Å²) in [5.74, 6) is 1.48. The van der Waals surface area contributed by atoms with Crippen LogP contribution in [0, 0.1) is 5.92 Å². The Hall–Kier alpha value is -0.800. The average Bonchev–Trinajstić information content (AvgIpc) is 2.42. The lowest BCUT2D eigenvalue weighted by Gasteiger charge is -2.40. The van der Waals surface area contributed by atoms with Gasteiger partial charge in [-0.25, -0.2) is 4.98 Å². The molecule has 0 radical (unpaired) electrons. The minimum Gasteiger partial charge on any atom is -0.352 e. The first-order chi connectivity index (χ1) is 8.77. The van der Waals surface area contributed by atoms with Crippen molar-refractivity contribution in [2.24, 2.45) is 11.7 Å². The second-order valence-electron chi connectivity index (χ2n) is 4.94. The molecule has 1 aromatic rings. The summed E-state index contributed by atoms with van der Waals surface area (Å²) in [4.78, 5) is 6.78. The van der Waals surface area contributed by atoms with Crippen molar-refractivity contribution in [1.29, 1.82) is 0 Å². The van der Waals surface area contributed by atoms with Gasteiger partial charge in [-0.05, 0) is 44.4 Å². The molecule has 18 heavy (non-hydrogen) atoms. The van der Waals surface area contributed by atoms with E-state index in [1.807, 2.05) is 18.3 Å². The SMILES string of the molecule is CCN(c1ncccc1Cl)C1CCCCC1CN. The molecule has 0 amide bonds. The van der Waals surface area contributed by atoms with Crippen molar-refractivity contribution in [3.8, 4) is 0 Å². The van der Waals surface area contributed by atoms with Gasteiger partial charge in [-0.15, -0.1) is 0 Å². The monoisotopic (exact) mass is 267 g/mol. The highest BCUT2D eigenvalue weighted by molar-refractivity contribution is 6.32. The Balaban J connectivity index is 2.24. The number of aromatic nitrogens is 1. The van der Waals surface area contributed by atoms with Gasteiger partial charge >= 0.3 is 0 Å². The quantitative estimate of drug-likeness (QED) is 0.912. The zero-order valence-corrected chi connectivity index (χ0v) is 11.7. The zero-order chi connectivity index (χ0) is 13.0. The molecule has 1 aromatic heterocycles. The highest BCUT2D eigenvalue weighted by atomic mass is 35.5. The summed E-state index contributed by atoms with van der Waals surface area (Å²) < 4.78 is 0. The molecule has 2 unspecified atom stereocenters. The molecule has 2 rings (SSSR count). The number of halogens is 1. The molecule has 1 aliphatic carbocycles. The molecule has 1 aliphatic rings. The van der Waals surface area contributed by atoms with Gasteiger partial charge in [0, 0.05) is 18.8 Å². The van der Waals surface area contributed by atoms with E-state index < -0.39 is 0 Å². The van der Waals surface area contributed by atoms with Crippen molar-refractivity contribution in [3.63, 3.8) is 0 Å². The minimum absolute atomic E-state index is 0.487. The molecule has 0 spiro atoms. The van der Waals surface area contributed by atoms with E-state index in [9.17, 15) is 0 Å². The Morgan fingerprint density at radius 2 is 2.22 bits per heavy atom. The predicted molar refractivity (Wildman–Crippen MR) is 77.1 cm³/mol. The third-order valence-electron chi connectivity index (χ3n) is 3.92. The highest BCUT2D eigenvalue weighted by Crippen LogP contribution is 2.33. The number of rotatable bonds is 4. The van der Waals surface area contributed by atoms with Crippen molar-refractivity contribution >= 4 is 17.4 Å².